The van der Waals surface area contributed by atoms with Gasteiger partial charge in [0.25, 0.3) is 0 Å². The molecular weight excluding hydrogens is 254 g/mol. The molecule has 1 atom stereocenters. The molecule has 5 heteroatoms. The minimum atomic E-state index is -0.891. The third-order valence-corrected chi connectivity index (χ3v) is 3.52. The maximum atomic E-state index is 11.6. The van der Waals surface area contributed by atoms with Gasteiger partial charge in [-0.05, 0) is 37.8 Å². The van der Waals surface area contributed by atoms with Gasteiger partial charge in [-0.3, -0.25) is 4.98 Å². The highest BCUT2D eigenvalue weighted by atomic mass is 16.3. The van der Waals surface area contributed by atoms with E-state index in [4.69, 9.17) is 0 Å². The topological polar surface area (TPSA) is 74.2 Å². The lowest BCUT2D eigenvalue weighted by Gasteiger charge is -2.27. The number of carbonyl (C=O) groups excluding carboxylic acids is 1. The summed E-state index contributed by atoms with van der Waals surface area (Å²) in [7, 11) is 0. The number of hydrogen-bond donors (Lipinski definition) is 3. The summed E-state index contributed by atoms with van der Waals surface area (Å²) in [4.78, 5) is 15.8. The Hall–Kier alpha value is -1.62. The molecule has 0 bridgehead atoms. The SMILES string of the molecule is Cc1ccc(CCNC(=O)NCC(C)(O)C(C)C)cn1. The van der Waals surface area contributed by atoms with Crippen LogP contribution in [-0.4, -0.2) is 34.8 Å². The Morgan fingerprint density at radius 2 is 2.10 bits per heavy atom. The van der Waals surface area contributed by atoms with Crippen molar-refractivity contribution in [3.8, 4) is 0 Å². The van der Waals surface area contributed by atoms with Gasteiger partial charge >= 0.3 is 6.03 Å². The van der Waals surface area contributed by atoms with Crippen LogP contribution in [0.1, 0.15) is 32.0 Å². The van der Waals surface area contributed by atoms with Gasteiger partial charge in [0.2, 0.25) is 0 Å². The predicted molar refractivity (Wildman–Crippen MR) is 79.5 cm³/mol. The second-order valence-corrected chi connectivity index (χ2v) is 5.68. The van der Waals surface area contributed by atoms with Gasteiger partial charge in [-0.15, -0.1) is 0 Å². The molecule has 1 unspecified atom stereocenters. The lowest BCUT2D eigenvalue weighted by molar-refractivity contribution is 0.0166. The Labute approximate surface area is 120 Å². The largest absolute Gasteiger partial charge is 0.388 e. The molecule has 0 aliphatic rings. The van der Waals surface area contributed by atoms with Gasteiger partial charge in [0, 0.05) is 25.0 Å². The van der Waals surface area contributed by atoms with Gasteiger partial charge in [0.1, 0.15) is 0 Å². The molecule has 2 amide bonds. The number of aromatic nitrogens is 1. The number of hydrogen-bond acceptors (Lipinski definition) is 3. The molecule has 1 aromatic heterocycles. The van der Waals surface area contributed by atoms with E-state index in [1.807, 2.05) is 39.1 Å². The first-order valence-electron chi connectivity index (χ1n) is 6.97. The molecule has 0 saturated carbocycles. The molecule has 1 heterocycles. The Bertz CT molecular complexity index is 427. The zero-order valence-electron chi connectivity index (χ0n) is 12.7. The van der Waals surface area contributed by atoms with E-state index >= 15 is 0 Å². The van der Waals surface area contributed by atoms with E-state index in [9.17, 15) is 9.90 Å². The van der Waals surface area contributed by atoms with Crippen LogP contribution < -0.4 is 10.6 Å². The first kappa shape index (κ1) is 16.4. The lowest BCUT2D eigenvalue weighted by atomic mass is 9.93. The van der Waals surface area contributed by atoms with Crippen molar-refractivity contribution < 1.29 is 9.90 Å². The number of aliphatic hydroxyl groups is 1. The summed E-state index contributed by atoms with van der Waals surface area (Å²) < 4.78 is 0. The van der Waals surface area contributed by atoms with Crippen LogP contribution in [0.3, 0.4) is 0 Å². The number of nitrogens with zero attached hydrogens (tertiary/aromatic N) is 1. The van der Waals surface area contributed by atoms with Crippen molar-refractivity contribution >= 4 is 6.03 Å². The number of rotatable bonds is 6. The molecule has 0 aromatic carbocycles. The first-order valence-corrected chi connectivity index (χ1v) is 6.97. The lowest BCUT2D eigenvalue weighted by Crippen LogP contribution is -2.47. The highest BCUT2D eigenvalue weighted by Crippen LogP contribution is 2.14. The summed E-state index contributed by atoms with van der Waals surface area (Å²) >= 11 is 0. The molecule has 3 N–H and O–H groups in total. The van der Waals surface area contributed by atoms with Crippen LogP contribution in [0, 0.1) is 12.8 Å². The fourth-order valence-corrected chi connectivity index (χ4v) is 1.49. The minimum absolute atomic E-state index is 0.0847. The van der Waals surface area contributed by atoms with Gasteiger partial charge < -0.3 is 15.7 Å². The Balaban J connectivity index is 2.25. The molecule has 1 aromatic rings. The van der Waals surface area contributed by atoms with Crippen LogP contribution in [0.4, 0.5) is 4.79 Å². The van der Waals surface area contributed by atoms with Gasteiger partial charge in [-0.2, -0.15) is 0 Å². The van der Waals surface area contributed by atoms with E-state index < -0.39 is 5.60 Å². The second kappa shape index (κ2) is 7.24. The number of nitrogens with one attached hydrogen (secondary N) is 2. The van der Waals surface area contributed by atoms with Gasteiger partial charge in [-0.1, -0.05) is 19.9 Å². The number of urea groups is 1. The number of pyridine rings is 1. The Morgan fingerprint density at radius 1 is 1.40 bits per heavy atom. The summed E-state index contributed by atoms with van der Waals surface area (Å²) in [6.07, 6.45) is 2.56. The highest BCUT2D eigenvalue weighted by molar-refractivity contribution is 5.73. The first-order chi connectivity index (χ1) is 9.31. The summed E-state index contributed by atoms with van der Waals surface area (Å²) in [5.74, 6) is 0.0847. The van der Waals surface area contributed by atoms with Crippen molar-refractivity contribution in [3.05, 3.63) is 29.6 Å². The Kier molecular flexibility index (Phi) is 5.95. The summed E-state index contributed by atoms with van der Waals surface area (Å²) in [6.45, 7) is 8.28. The number of aryl methyl sites for hydroxylation is 1. The molecule has 0 fully saturated rings. The van der Waals surface area contributed by atoms with E-state index in [0.29, 0.717) is 6.54 Å². The highest BCUT2D eigenvalue weighted by Gasteiger charge is 2.25. The van der Waals surface area contributed by atoms with E-state index in [1.54, 1.807) is 6.92 Å². The molecule has 0 saturated heterocycles. The average Bonchev–Trinajstić information content (AvgIpc) is 2.39. The van der Waals surface area contributed by atoms with E-state index in [1.165, 1.54) is 0 Å². The fraction of sp³-hybridized carbons (Fsp3) is 0.600. The van der Waals surface area contributed by atoms with E-state index in [0.717, 1.165) is 17.7 Å². The quantitative estimate of drug-likeness (QED) is 0.741. The molecular formula is C15H25N3O2. The van der Waals surface area contributed by atoms with E-state index in [2.05, 4.69) is 15.6 Å². The van der Waals surface area contributed by atoms with Crippen LogP contribution in [0.5, 0.6) is 0 Å². The zero-order chi connectivity index (χ0) is 15.2. The zero-order valence-corrected chi connectivity index (χ0v) is 12.7. The molecule has 112 valence electrons. The minimum Gasteiger partial charge on any atom is -0.388 e. The predicted octanol–water partition coefficient (Wildman–Crippen LogP) is 1.64. The van der Waals surface area contributed by atoms with Crippen molar-refractivity contribution in [2.45, 2.75) is 39.7 Å². The van der Waals surface area contributed by atoms with Crippen LogP contribution in [0.2, 0.25) is 0 Å². The molecule has 0 spiro atoms. The molecule has 1 rings (SSSR count). The monoisotopic (exact) mass is 279 g/mol. The standard InChI is InChI=1S/C15H25N3O2/c1-11(2)15(4,20)10-18-14(19)16-8-7-13-6-5-12(3)17-9-13/h5-6,9,11,20H,7-8,10H2,1-4H3,(H2,16,18,19). The number of amides is 2. The third kappa shape index (κ3) is 5.57. The van der Waals surface area contributed by atoms with Gasteiger partial charge in [0.05, 0.1) is 5.60 Å². The molecule has 0 radical (unpaired) electrons. The van der Waals surface area contributed by atoms with Crippen molar-refractivity contribution in [2.24, 2.45) is 5.92 Å². The van der Waals surface area contributed by atoms with Crippen LogP contribution in [-0.2, 0) is 6.42 Å². The van der Waals surface area contributed by atoms with Crippen molar-refractivity contribution in [1.82, 2.24) is 15.6 Å². The molecule has 20 heavy (non-hydrogen) atoms. The maximum absolute atomic E-state index is 11.6. The molecule has 0 aliphatic heterocycles. The maximum Gasteiger partial charge on any atom is 0.314 e. The fourth-order valence-electron chi connectivity index (χ4n) is 1.49. The summed E-state index contributed by atoms with van der Waals surface area (Å²) in [5, 5.41) is 15.5. The molecule has 5 nitrogen and oxygen atoms in total. The van der Waals surface area contributed by atoms with E-state index in [-0.39, 0.29) is 18.5 Å². The van der Waals surface area contributed by atoms with Crippen molar-refractivity contribution in [1.29, 1.82) is 0 Å². The van der Waals surface area contributed by atoms with Crippen molar-refractivity contribution in [3.63, 3.8) is 0 Å². The normalized spacial score (nSPS) is 13.9. The van der Waals surface area contributed by atoms with Crippen LogP contribution >= 0.6 is 0 Å². The number of carbonyl (C=O) groups is 1. The van der Waals surface area contributed by atoms with Gasteiger partial charge in [-0.25, -0.2) is 4.79 Å². The van der Waals surface area contributed by atoms with Crippen LogP contribution in [0.15, 0.2) is 18.3 Å². The summed E-state index contributed by atoms with van der Waals surface area (Å²) in [6, 6.07) is 3.70. The van der Waals surface area contributed by atoms with Crippen molar-refractivity contribution in [2.75, 3.05) is 13.1 Å². The molecule has 0 aliphatic carbocycles. The average molecular weight is 279 g/mol. The Morgan fingerprint density at radius 3 is 2.65 bits per heavy atom. The van der Waals surface area contributed by atoms with Crippen LogP contribution in [0.25, 0.3) is 0 Å². The smallest absolute Gasteiger partial charge is 0.314 e. The summed E-state index contributed by atoms with van der Waals surface area (Å²) in [5.41, 5.74) is 1.18. The second-order valence-electron chi connectivity index (χ2n) is 5.68. The van der Waals surface area contributed by atoms with Gasteiger partial charge in [0.15, 0.2) is 0 Å². The third-order valence-electron chi connectivity index (χ3n) is 3.52.